The summed E-state index contributed by atoms with van der Waals surface area (Å²) in [4.78, 5) is 0. The summed E-state index contributed by atoms with van der Waals surface area (Å²) in [6.07, 6.45) is 0.689. The summed E-state index contributed by atoms with van der Waals surface area (Å²) in [6, 6.07) is 11.4. The Balaban J connectivity index is 1.72. The minimum Gasteiger partial charge on any atom is -0.270 e. The maximum Gasteiger partial charge on any atom is 0.277 e. The maximum absolute atomic E-state index is 11.8. The van der Waals surface area contributed by atoms with E-state index in [9.17, 15) is 8.42 Å². The Labute approximate surface area is 131 Å². The largest absolute Gasteiger partial charge is 0.277 e. The number of hydrogen-bond acceptors (Lipinski definition) is 3. The van der Waals surface area contributed by atoms with Gasteiger partial charge in [0.2, 0.25) is 0 Å². The van der Waals surface area contributed by atoms with Crippen molar-refractivity contribution in [2.45, 2.75) is 33.4 Å². The predicted octanol–water partition coefficient (Wildman–Crippen LogP) is 1.51. The molecule has 0 saturated heterocycles. The van der Waals surface area contributed by atoms with Crippen LogP contribution in [0.3, 0.4) is 0 Å². The molecule has 7 heteroatoms. The van der Waals surface area contributed by atoms with Gasteiger partial charge in [0.1, 0.15) is 0 Å². The van der Waals surface area contributed by atoms with Gasteiger partial charge in [-0.15, -0.1) is 0 Å². The zero-order valence-electron chi connectivity index (χ0n) is 12.9. The Kier molecular flexibility index (Phi) is 5.70. The van der Waals surface area contributed by atoms with Gasteiger partial charge in [0.05, 0.1) is 5.69 Å². The fraction of sp³-hybridized carbons (Fsp3) is 0.400. The Morgan fingerprint density at radius 3 is 2.50 bits per heavy atom. The molecule has 2 N–H and O–H groups in total. The highest BCUT2D eigenvalue weighted by molar-refractivity contribution is 7.87. The molecule has 0 spiro atoms. The van der Waals surface area contributed by atoms with Crippen molar-refractivity contribution in [1.29, 1.82) is 0 Å². The summed E-state index contributed by atoms with van der Waals surface area (Å²) < 4.78 is 30.6. The van der Waals surface area contributed by atoms with Gasteiger partial charge in [-0.1, -0.05) is 30.3 Å². The van der Waals surface area contributed by atoms with Crippen molar-refractivity contribution in [3.8, 4) is 0 Å². The van der Waals surface area contributed by atoms with Crippen molar-refractivity contribution in [2.24, 2.45) is 0 Å². The molecule has 0 bridgehead atoms. The average Bonchev–Trinajstić information content (AvgIpc) is 2.81. The van der Waals surface area contributed by atoms with Crippen molar-refractivity contribution in [3.63, 3.8) is 0 Å². The van der Waals surface area contributed by atoms with Crippen LogP contribution in [0.2, 0.25) is 0 Å². The lowest BCUT2D eigenvalue weighted by Crippen LogP contribution is -2.36. The number of benzene rings is 1. The molecular weight excluding hydrogens is 300 g/mol. The minimum atomic E-state index is -3.47. The summed E-state index contributed by atoms with van der Waals surface area (Å²) >= 11 is 0. The molecule has 6 nitrogen and oxygen atoms in total. The number of nitrogens with one attached hydrogen (secondary N) is 2. The van der Waals surface area contributed by atoms with Crippen LogP contribution in [0.1, 0.15) is 23.4 Å². The van der Waals surface area contributed by atoms with E-state index in [2.05, 4.69) is 14.5 Å². The minimum absolute atomic E-state index is 0.285. The van der Waals surface area contributed by atoms with Gasteiger partial charge in [0.15, 0.2) is 0 Å². The lowest BCUT2D eigenvalue weighted by molar-refractivity contribution is 0.537. The molecule has 0 fully saturated rings. The van der Waals surface area contributed by atoms with Gasteiger partial charge >= 0.3 is 0 Å². The maximum atomic E-state index is 11.8. The molecule has 0 aliphatic heterocycles. The first-order valence-electron chi connectivity index (χ1n) is 7.25. The highest BCUT2D eigenvalue weighted by atomic mass is 32.2. The highest BCUT2D eigenvalue weighted by Gasteiger charge is 2.08. The molecule has 22 heavy (non-hydrogen) atoms. The zero-order valence-corrected chi connectivity index (χ0v) is 13.7. The summed E-state index contributed by atoms with van der Waals surface area (Å²) in [5.74, 6) is 0. The van der Waals surface area contributed by atoms with Gasteiger partial charge in [-0.3, -0.25) is 4.68 Å². The SMILES string of the molecule is Cc1cc(C)n(CCCNS(=O)(=O)NCc2ccccc2)n1. The van der Waals surface area contributed by atoms with Crippen LogP contribution >= 0.6 is 0 Å². The smallest absolute Gasteiger partial charge is 0.270 e. The van der Waals surface area contributed by atoms with Crippen LogP contribution in [-0.2, 0) is 23.3 Å². The lowest BCUT2D eigenvalue weighted by atomic mass is 10.2. The molecule has 0 aliphatic rings. The van der Waals surface area contributed by atoms with E-state index in [1.54, 1.807) is 0 Å². The van der Waals surface area contributed by atoms with E-state index < -0.39 is 10.2 Å². The molecule has 120 valence electrons. The molecular formula is C15H22N4O2S. The van der Waals surface area contributed by atoms with Gasteiger partial charge < -0.3 is 0 Å². The van der Waals surface area contributed by atoms with Gasteiger partial charge in [0, 0.05) is 25.3 Å². The van der Waals surface area contributed by atoms with Crippen molar-refractivity contribution < 1.29 is 8.42 Å². The van der Waals surface area contributed by atoms with Crippen molar-refractivity contribution in [2.75, 3.05) is 6.54 Å². The Morgan fingerprint density at radius 2 is 1.86 bits per heavy atom. The molecule has 1 heterocycles. The van der Waals surface area contributed by atoms with E-state index in [-0.39, 0.29) is 6.54 Å². The fourth-order valence-corrected chi connectivity index (χ4v) is 3.03. The van der Waals surface area contributed by atoms with Crippen LogP contribution in [0.15, 0.2) is 36.4 Å². The van der Waals surface area contributed by atoms with Crippen molar-refractivity contribution in [3.05, 3.63) is 53.3 Å². The lowest BCUT2D eigenvalue weighted by Gasteiger charge is -2.09. The molecule has 0 aliphatic carbocycles. The molecule has 1 aromatic carbocycles. The number of aryl methyl sites for hydroxylation is 3. The van der Waals surface area contributed by atoms with Gasteiger partial charge in [0.25, 0.3) is 10.2 Å². The highest BCUT2D eigenvalue weighted by Crippen LogP contribution is 2.02. The van der Waals surface area contributed by atoms with Crippen LogP contribution in [-0.4, -0.2) is 24.7 Å². The van der Waals surface area contributed by atoms with Gasteiger partial charge in [-0.05, 0) is 31.9 Å². The number of aromatic nitrogens is 2. The third-order valence-electron chi connectivity index (χ3n) is 3.25. The molecule has 0 unspecified atom stereocenters. The van der Waals surface area contributed by atoms with E-state index in [4.69, 9.17) is 0 Å². The molecule has 0 atom stereocenters. The fourth-order valence-electron chi connectivity index (χ4n) is 2.16. The van der Waals surface area contributed by atoms with E-state index in [0.29, 0.717) is 19.5 Å². The van der Waals surface area contributed by atoms with Crippen LogP contribution in [0.4, 0.5) is 0 Å². The quantitative estimate of drug-likeness (QED) is 0.723. The zero-order chi connectivity index (χ0) is 16.0. The second-order valence-electron chi connectivity index (χ2n) is 5.21. The summed E-state index contributed by atoms with van der Waals surface area (Å²) in [7, 11) is -3.47. The van der Waals surface area contributed by atoms with Gasteiger partial charge in [-0.25, -0.2) is 4.72 Å². The van der Waals surface area contributed by atoms with Crippen molar-refractivity contribution >= 4 is 10.2 Å². The Morgan fingerprint density at radius 1 is 1.14 bits per heavy atom. The van der Waals surface area contributed by atoms with Crippen LogP contribution in [0.5, 0.6) is 0 Å². The molecule has 0 amide bonds. The number of rotatable bonds is 8. The standard InChI is InChI=1S/C15H22N4O2S/c1-13-11-14(2)19(18-13)10-6-9-16-22(20,21)17-12-15-7-4-3-5-8-15/h3-5,7-8,11,16-17H,6,9-10,12H2,1-2H3. The number of nitrogens with zero attached hydrogens (tertiary/aromatic N) is 2. The van der Waals surface area contributed by atoms with Crippen LogP contribution in [0, 0.1) is 13.8 Å². The number of hydrogen-bond donors (Lipinski definition) is 2. The summed E-state index contributed by atoms with van der Waals surface area (Å²) in [6.45, 7) is 5.29. The first-order chi connectivity index (χ1) is 10.5. The van der Waals surface area contributed by atoms with Crippen molar-refractivity contribution in [1.82, 2.24) is 19.2 Å². The van der Waals surface area contributed by atoms with E-state index in [1.807, 2.05) is 54.9 Å². The monoisotopic (exact) mass is 322 g/mol. The van der Waals surface area contributed by atoms with E-state index in [1.165, 1.54) is 0 Å². The summed E-state index contributed by atoms with van der Waals surface area (Å²) in [5.41, 5.74) is 2.99. The normalized spacial score (nSPS) is 11.7. The van der Waals surface area contributed by atoms with Crippen LogP contribution < -0.4 is 9.44 Å². The Bertz CT molecular complexity index is 696. The third-order valence-corrected chi connectivity index (χ3v) is 4.36. The molecule has 2 aromatic rings. The second-order valence-corrected chi connectivity index (χ2v) is 6.79. The molecule has 2 rings (SSSR count). The Hall–Kier alpha value is -1.70. The predicted molar refractivity (Wildman–Crippen MR) is 86.5 cm³/mol. The van der Waals surface area contributed by atoms with E-state index >= 15 is 0 Å². The van der Waals surface area contributed by atoms with E-state index in [0.717, 1.165) is 17.0 Å². The topological polar surface area (TPSA) is 76.0 Å². The molecule has 1 aromatic heterocycles. The second kappa shape index (κ2) is 7.53. The summed E-state index contributed by atoms with van der Waals surface area (Å²) in [5, 5.41) is 4.34. The first-order valence-corrected chi connectivity index (χ1v) is 8.74. The molecule has 0 radical (unpaired) electrons. The average molecular weight is 322 g/mol. The molecule has 0 saturated carbocycles. The first kappa shape index (κ1) is 16.7. The van der Waals surface area contributed by atoms with Crippen LogP contribution in [0.25, 0.3) is 0 Å². The van der Waals surface area contributed by atoms with Gasteiger partial charge in [-0.2, -0.15) is 18.2 Å². The third kappa shape index (κ3) is 5.25.